The zero-order valence-electron chi connectivity index (χ0n) is 8.21. The molecule has 0 N–H and O–H groups in total. The first-order valence-electron chi connectivity index (χ1n) is 4.72. The number of hydrogen-bond donors (Lipinski definition) is 0. The number of hydrogen-bond acceptors (Lipinski definition) is 1. The molecule has 0 aliphatic carbocycles. The summed E-state index contributed by atoms with van der Waals surface area (Å²) in [5.74, 6) is 0. The van der Waals surface area contributed by atoms with Gasteiger partial charge in [-0.15, -0.1) is 0 Å². The summed E-state index contributed by atoms with van der Waals surface area (Å²) in [5, 5.41) is 1.00. The minimum Gasteiger partial charge on any atom is -0.377 e. The first kappa shape index (κ1) is 11.5. The maximum Gasteiger partial charge on any atom is 0.0716 e. The van der Waals surface area contributed by atoms with Gasteiger partial charge in [0, 0.05) is 11.9 Å². The highest BCUT2D eigenvalue weighted by Crippen LogP contribution is 2.06. The van der Waals surface area contributed by atoms with Crippen LogP contribution in [0, 0.1) is 0 Å². The van der Waals surface area contributed by atoms with Crippen molar-refractivity contribution in [3.63, 3.8) is 0 Å². The van der Waals surface area contributed by atoms with E-state index in [0.717, 1.165) is 23.9 Å². The molecule has 0 amide bonds. The van der Waals surface area contributed by atoms with Gasteiger partial charge in [-0.05, 0) is 17.5 Å². The molecule has 14 heavy (non-hydrogen) atoms. The summed E-state index contributed by atoms with van der Waals surface area (Å²) in [6, 6.07) is 8.25. The van der Waals surface area contributed by atoms with Crippen molar-refractivity contribution in [2.45, 2.75) is 13.0 Å². The van der Waals surface area contributed by atoms with Crippen molar-refractivity contribution >= 4 is 22.0 Å². The molecule has 0 aliphatic rings. The van der Waals surface area contributed by atoms with Gasteiger partial charge in [-0.25, -0.2) is 0 Å². The van der Waals surface area contributed by atoms with E-state index in [0.29, 0.717) is 6.61 Å². The summed E-state index contributed by atoms with van der Waals surface area (Å²) >= 11 is 3.36. The minimum absolute atomic E-state index is 0.699. The van der Waals surface area contributed by atoms with E-state index >= 15 is 0 Å². The van der Waals surface area contributed by atoms with Crippen LogP contribution in [0.4, 0.5) is 0 Å². The van der Waals surface area contributed by atoms with E-state index < -0.39 is 0 Å². The van der Waals surface area contributed by atoms with E-state index in [9.17, 15) is 0 Å². The van der Waals surface area contributed by atoms with Crippen molar-refractivity contribution in [1.82, 2.24) is 0 Å². The first-order chi connectivity index (χ1) is 6.86. The molecule has 0 heterocycles. The second kappa shape index (κ2) is 6.80. The molecule has 76 valence electrons. The molecule has 1 nitrogen and oxygen atoms in total. The molecule has 0 spiro atoms. The Morgan fingerprint density at radius 2 is 2.00 bits per heavy atom. The molecule has 0 aliphatic heterocycles. The van der Waals surface area contributed by atoms with Crippen molar-refractivity contribution in [2.75, 3.05) is 11.9 Å². The van der Waals surface area contributed by atoms with Crippen LogP contribution in [0.3, 0.4) is 0 Å². The van der Waals surface area contributed by atoms with Crippen molar-refractivity contribution in [3.8, 4) is 0 Å². The largest absolute Gasteiger partial charge is 0.377 e. The van der Waals surface area contributed by atoms with Crippen LogP contribution in [0.5, 0.6) is 0 Å². The van der Waals surface area contributed by atoms with Crippen LogP contribution in [-0.4, -0.2) is 11.9 Å². The monoisotopic (exact) mass is 254 g/mol. The number of ether oxygens (including phenoxy) is 1. The van der Waals surface area contributed by atoms with Crippen LogP contribution in [0.25, 0.3) is 6.08 Å². The highest BCUT2D eigenvalue weighted by atomic mass is 79.9. The van der Waals surface area contributed by atoms with E-state index in [1.54, 1.807) is 0 Å². The predicted molar refractivity (Wildman–Crippen MR) is 64.6 cm³/mol. The molecular weight excluding hydrogens is 240 g/mol. The maximum absolute atomic E-state index is 5.48. The van der Waals surface area contributed by atoms with Crippen molar-refractivity contribution < 1.29 is 4.74 Å². The van der Waals surface area contributed by atoms with Crippen LogP contribution in [0.2, 0.25) is 0 Å². The van der Waals surface area contributed by atoms with Crippen LogP contribution >= 0.6 is 15.9 Å². The second-order valence-corrected chi connectivity index (χ2v) is 3.83. The van der Waals surface area contributed by atoms with Gasteiger partial charge in [-0.1, -0.05) is 52.9 Å². The van der Waals surface area contributed by atoms with Gasteiger partial charge in [-0.2, -0.15) is 0 Å². The van der Waals surface area contributed by atoms with E-state index in [-0.39, 0.29) is 0 Å². The molecule has 0 atom stereocenters. The molecule has 0 saturated carbocycles. The quantitative estimate of drug-likeness (QED) is 0.557. The maximum atomic E-state index is 5.48. The molecule has 1 rings (SSSR count). The molecule has 0 fully saturated rings. The Morgan fingerprint density at radius 3 is 2.57 bits per heavy atom. The lowest BCUT2D eigenvalue weighted by Crippen LogP contribution is -1.95. The number of benzene rings is 1. The van der Waals surface area contributed by atoms with E-state index in [1.807, 2.05) is 6.08 Å². The zero-order chi connectivity index (χ0) is 10.2. The van der Waals surface area contributed by atoms with Gasteiger partial charge in [0.1, 0.15) is 0 Å². The highest BCUT2D eigenvalue weighted by Gasteiger charge is 1.92. The van der Waals surface area contributed by atoms with Crippen LogP contribution in [0.1, 0.15) is 17.5 Å². The first-order valence-corrected chi connectivity index (χ1v) is 5.84. The van der Waals surface area contributed by atoms with Gasteiger partial charge in [-0.3, -0.25) is 0 Å². The Balaban J connectivity index is 2.32. The Morgan fingerprint density at radius 1 is 1.29 bits per heavy atom. The summed E-state index contributed by atoms with van der Waals surface area (Å²) in [5.41, 5.74) is 2.36. The van der Waals surface area contributed by atoms with E-state index in [1.165, 1.54) is 5.56 Å². The van der Waals surface area contributed by atoms with Gasteiger partial charge < -0.3 is 4.74 Å². The van der Waals surface area contributed by atoms with Gasteiger partial charge in [0.2, 0.25) is 0 Å². The van der Waals surface area contributed by atoms with Crippen molar-refractivity contribution in [2.24, 2.45) is 0 Å². The summed E-state index contributed by atoms with van der Waals surface area (Å²) in [6.45, 7) is 5.22. The Labute approximate surface area is 93.9 Å². The third-order valence-corrected chi connectivity index (χ3v) is 2.47. The Kier molecular flexibility index (Phi) is 5.57. The fourth-order valence-electron chi connectivity index (χ4n) is 1.10. The minimum atomic E-state index is 0.699. The second-order valence-electron chi connectivity index (χ2n) is 3.04. The van der Waals surface area contributed by atoms with Crippen LogP contribution in [-0.2, 0) is 11.3 Å². The third kappa shape index (κ3) is 4.07. The number of halogens is 1. The third-order valence-electron chi connectivity index (χ3n) is 1.91. The summed E-state index contributed by atoms with van der Waals surface area (Å²) in [7, 11) is 0. The molecular formula is C12H15BrO. The normalized spacial score (nSPS) is 10.1. The van der Waals surface area contributed by atoms with Gasteiger partial charge in [0.05, 0.1) is 6.61 Å². The number of rotatable bonds is 6. The van der Waals surface area contributed by atoms with E-state index in [2.05, 4.69) is 46.8 Å². The van der Waals surface area contributed by atoms with Gasteiger partial charge in [0.25, 0.3) is 0 Å². The lowest BCUT2D eigenvalue weighted by atomic mass is 10.1. The van der Waals surface area contributed by atoms with Gasteiger partial charge in [0.15, 0.2) is 0 Å². The lowest BCUT2D eigenvalue weighted by Gasteiger charge is -2.03. The van der Waals surface area contributed by atoms with Crippen molar-refractivity contribution in [1.29, 1.82) is 0 Å². The predicted octanol–water partition coefficient (Wildman–Crippen LogP) is 3.63. The standard InChI is InChI=1S/C12H15BrO/c1-2-11-4-6-12(7-5-11)10-14-9-3-8-13/h2,4-7H,1,3,8-10H2. The fraction of sp³-hybridized carbons (Fsp3) is 0.333. The molecule has 0 unspecified atom stereocenters. The average Bonchev–Trinajstić information content (AvgIpc) is 2.25. The molecule has 0 aromatic heterocycles. The summed E-state index contributed by atoms with van der Waals surface area (Å²) in [6.07, 6.45) is 2.90. The molecule has 0 radical (unpaired) electrons. The number of alkyl halides is 1. The topological polar surface area (TPSA) is 9.23 Å². The molecule has 1 aromatic rings. The zero-order valence-corrected chi connectivity index (χ0v) is 9.79. The Hall–Kier alpha value is -0.600. The fourth-order valence-corrected chi connectivity index (χ4v) is 1.33. The molecule has 0 bridgehead atoms. The smallest absolute Gasteiger partial charge is 0.0716 e. The van der Waals surface area contributed by atoms with E-state index in [4.69, 9.17) is 4.74 Å². The lowest BCUT2D eigenvalue weighted by molar-refractivity contribution is 0.122. The van der Waals surface area contributed by atoms with Gasteiger partial charge >= 0.3 is 0 Å². The molecule has 1 aromatic carbocycles. The average molecular weight is 255 g/mol. The SMILES string of the molecule is C=Cc1ccc(COCCCBr)cc1. The molecule has 0 saturated heterocycles. The van der Waals surface area contributed by atoms with Crippen molar-refractivity contribution in [3.05, 3.63) is 42.0 Å². The highest BCUT2D eigenvalue weighted by molar-refractivity contribution is 9.09. The molecule has 2 heteroatoms. The summed E-state index contributed by atoms with van der Waals surface area (Å²) < 4.78 is 5.48. The van der Waals surface area contributed by atoms with Crippen LogP contribution in [0.15, 0.2) is 30.8 Å². The Bertz CT molecular complexity index is 266. The summed E-state index contributed by atoms with van der Waals surface area (Å²) in [4.78, 5) is 0. The van der Waals surface area contributed by atoms with Crippen LogP contribution < -0.4 is 0 Å².